The largest absolute Gasteiger partial charge is 0.348 e. The van der Waals surface area contributed by atoms with Crippen molar-refractivity contribution in [3.63, 3.8) is 0 Å². The van der Waals surface area contributed by atoms with Gasteiger partial charge in [-0.2, -0.15) is 12.6 Å². The van der Waals surface area contributed by atoms with Gasteiger partial charge in [-0.05, 0) is 13.8 Å². The summed E-state index contributed by atoms with van der Waals surface area (Å²) >= 11 is 4.33. The highest BCUT2D eigenvalue weighted by Crippen LogP contribution is 2.43. The Morgan fingerprint density at radius 3 is 2.91 bits per heavy atom. The highest BCUT2D eigenvalue weighted by molar-refractivity contribution is 7.80. The van der Waals surface area contributed by atoms with Gasteiger partial charge >= 0.3 is 0 Å². The molecule has 4 heterocycles. The van der Waals surface area contributed by atoms with Crippen molar-refractivity contribution < 1.29 is 14.2 Å². The minimum Gasteiger partial charge on any atom is -0.348 e. The standard InChI is InChI=1S/C13H16N4O4S/c1-13(2)20-8-6(3-22)19-12(9(8)21-13)17-5-16-7-10(17)14-4-15-11(7)18/h4-6,8-9,12,22H,3H2,1-2H3,(H,14,15,18). The van der Waals surface area contributed by atoms with E-state index in [-0.39, 0.29) is 29.4 Å². The number of hydrogen-bond donors (Lipinski definition) is 2. The van der Waals surface area contributed by atoms with Crippen molar-refractivity contribution in [1.82, 2.24) is 19.5 Å². The van der Waals surface area contributed by atoms with Crippen LogP contribution >= 0.6 is 12.6 Å². The first kappa shape index (κ1) is 14.2. The number of hydrogen-bond acceptors (Lipinski definition) is 7. The molecule has 0 bridgehead atoms. The van der Waals surface area contributed by atoms with Gasteiger partial charge in [-0.25, -0.2) is 9.97 Å². The molecule has 8 nitrogen and oxygen atoms in total. The molecule has 4 unspecified atom stereocenters. The Labute approximate surface area is 131 Å². The zero-order chi connectivity index (χ0) is 15.5. The van der Waals surface area contributed by atoms with Crippen LogP contribution in [0, 0.1) is 0 Å². The zero-order valence-electron chi connectivity index (χ0n) is 12.1. The van der Waals surface area contributed by atoms with Crippen molar-refractivity contribution in [3.05, 3.63) is 23.0 Å². The molecule has 0 saturated carbocycles. The molecule has 0 radical (unpaired) electrons. The first-order valence-corrected chi connectivity index (χ1v) is 7.65. The summed E-state index contributed by atoms with van der Waals surface area (Å²) < 4.78 is 19.6. The van der Waals surface area contributed by atoms with Gasteiger partial charge in [-0.15, -0.1) is 0 Å². The van der Waals surface area contributed by atoms with Crippen LogP contribution in [-0.2, 0) is 14.2 Å². The van der Waals surface area contributed by atoms with Gasteiger partial charge in [0.2, 0.25) is 0 Å². The lowest BCUT2D eigenvalue weighted by atomic mass is 10.1. The molecule has 2 saturated heterocycles. The van der Waals surface area contributed by atoms with Gasteiger partial charge in [0.05, 0.1) is 18.8 Å². The lowest BCUT2D eigenvalue weighted by Crippen LogP contribution is -2.30. The van der Waals surface area contributed by atoms with Crippen molar-refractivity contribution in [2.75, 3.05) is 5.75 Å². The van der Waals surface area contributed by atoms with Gasteiger partial charge in [-0.3, -0.25) is 9.36 Å². The third kappa shape index (κ3) is 2.00. The Bertz CT molecular complexity index is 773. The zero-order valence-corrected chi connectivity index (χ0v) is 13.0. The van der Waals surface area contributed by atoms with Gasteiger partial charge in [-0.1, -0.05) is 0 Å². The van der Waals surface area contributed by atoms with Gasteiger partial charge in [0.25, 0.3) is 5.56 Å². The third-order valence-corrected chi connectivity index (χ3v) is 4.30. The van der Waals surface area contributed by atoms with Crippen LogP contribution < -0.4 is 5.56 Å². The van der Waals surface area contributed by atoms with E-state index in [1.807, 2.05) is 13.8 Å². The number of ether oxygens (including phenoxy) is 3. The summed E-state index contributed by atoms with van der Waals surface area (Å²) in [7, 11) is 0. The predicted octanol–water partition coefficient (Wildman–Crippen LogP) is 0.467. The number of nitrogens with zero attached hydrogens (tertiary/aromatic N) is 3. The minimum atomic E-state index is -0.681. The first-order valence-electron chi connectivity index (χ1n) is 7.02. The maximum absolute atomic E-state index is 11.8. The molecule has 4 rings (SSSR count). The second-order valence-corrected chi connectivity index (χ2v) is 6.23. The summed E-state index contributed by atoms with van der Waals surface area (Å²) in [6.07, 6.45) is 1.73. The van der Waals surface area contributed by atoms with Crippen LogP contribution in [0.25, 0.3) is 11.2 Å². The minimum absolute atomic E-state index is 0.195. The van der Waals surface area contributed by atoms with Gasteiger partial charge in [0, 0.05) is 5.75 Å². The highest BCUT2D eigenvalue weighted by Gasteiger charge is 2.55. The van der Waals surface area contributed by atoms with E-state index in [9.17, 15) is 4.79 Å². The second kappa shape index (κ2) is 4.79. The Morgan fingerprint density at radius 2 is 2.14 bits per heavy atom. The molecule has 2 aliphatic heterocycles. The number of fused-ring (bicyclic) bond motifs is 2. The van der Waals surface area contributed by atoms with Crippen LogP contribution in [0.15, 0.2) is 17.4 Å². The Hall–Kier alpha value is -1.42. The quantitative estimate of drug-likeness (QED) is 0.780. The smallest absolute Gasteiger partial charge is 0.278 e. The maximum Gasteiger partial charge on any atom is 0.278 e. The molecule has 118 valence electrons. The Morgan fingerprint density at radius 1 is 1.36 bits per heavy atom. The third-order valence-electron chi connectivity index (χ3n) is 3.94. The van der Waals surface area contributed by atoms with Gasteiger partial charge in [0.1, 0.15) is 12.2 Å². The Balaban J connectivity index is 1.78. The highest BCUT2D eigenvalue weighted by atomic mass is 32.1. The summed E-state index contributed by atoms with van der Waals surface area (Å²) in [5, 5.41) is 0. The van der Waals surface area contributed by atoms with Gasteiger partial charge < -0.3 is 19.2 Å². The lowest BCUT2D eigenvalue weighted by Gasteiger charge is -2.24. The van der Waals surface area contributed by atoms with Crippen LogP contribution in [-0.4, -0.2) is 49.4 Å². The van der Waals surface area contributed by atoms with E-state index < -0.39 is 12.0 Å². The molecule has 0 aromatic carbocycles. The normalized spacial score (nSPS) is 33.4. The van der Waals surface area contributed by atoms with E-state index >= 15 is 0 Å². The summed E-state index contributed by atoms with van der Waals surface area (Å²) in [4.78, 5) is 22.6. The van der Waals surface area contributed by atoms with E-state index in [1.54, 1.807) is 10.9 Å². The fourth-order valence-corrected chi connectivity index (χ4v) is 3.37. The first-order chi connectivity index (χ1) is 10.5. The fraction of sp³-hybridized carbons (Fsp3) is 0.615. The average molecular weight is 324 g/mol. The molecular weight excluding hydrogens is 308 g/mol. The maximum atomic E-state index is 11.8. The van der Waals surface area contributed by atoms with Crippen LogP contribution in [0.5, 0.6) is 0 Å². The molecule has 9 heteroatoms. The predicted molar refractivity (Wildman–Crippen MR) is 79.7 cm³/mol. The number of nitrogens with one attached hydrogen (secondary N) is 1. The number of H-pyrrole nitrogens is 1. The topological polar surface area (TPSA) is 91.3 Å². The average Bonchev–Trinajstić information content (AvgIpc) is 3.10. The summed E-state index contributed by atoms with van der Waals surface area (Å²) in [5.74, 6) is -0.169. The second-order valence-electron chi connectivity index (χ2n) is 5.87. The van der Waals surface area contributed by atoms with Gasteiger partial charge in [0.15, 0.2) is 23.2 Å². The molecule has 0 spiro atoms. The van der Waals surface area contributed by atoms with E-state index in [4.69, 9.17) is 14.2 Å². The van der Waals surface area contributed by atoms with Crippen molar-refractivity contribution in [1.29, 1.82) is 0 Å². The molecule has 2 fully saturated rings. The van der Waals surface area contributed by atoms with Crippen LogP contribution in [0.4, 0.5) is 0 Å². The number of aromatic amines is 1. The monoisotopic (exact) mass is 324 g/mol. The van der Waals surface area contributed by atoms with Crippen molar-refractivity contribution in [2.24, 2.45) is 0 Å². The number of thiol groups is 1. The molecule has 0 aliphatic carbocycles. The molecule has 2 aromatic rings. The van der Waals surface area contributed by atoms with Crippen molar-refractivity contribution in [3.8, 4) is 0 Å². The summed E-state index contributed by atoms with van der Waals surface area (Å²) in [5.41, 5.74) is 0.448. The van der Waals surface area contributed by atoms with Crippen LogP contribution in [0.2, 0.25) is 0 Å². The molecule has 4 atom stereocenters. The number of imidazole rings is 1. The lowest BCUT2D eigenvalue weighted by molar-refractivity contribution is -0.193. The van der Waals surface area contributed by atoms with E-state index in [0.717, 1.165) is 0 Å². The van der Waals surface area contributed by atoms with E-state index in [0.29, 0.717) is 11.4 Å². The number of rotatable bonds is 2. The molecular formula is C13H16N4O4S. The Kier molecular flexibility index (Phi) is 3.09. The molecule has 0 amide bonds. The fourth-order valence-electron chi connectivity index (χ4n) is 3.08. The van der Waals surface area contributed by atoms with Crippen molar-refractivity contribution in [2.45, 2.75) is 44.2 Å². The van der Waals surface area contributed by atoms with Crippen LogP contribution in [0.1, 0.15) is 20.1 Å². The molecule has 1 N–H and O–H groups in total. The summed E-state index contributed by atoms with van der Waals surface area (Å²) in [6, 6.07) is 0. The number of aromatic nitrogens is 4. The van der Waals surface area contributed by atoms with Crippen LogP contribution in [0.3, 0.4) is 0 Å². The van der Waals surface area contributed by atoms with E-state index in [2.05, 4.69) is 27.6 Å². The molecule has 22 heavy (non-hydrogen) atoms. The SMILES string of the molecule is CC1(C)OC2C(CS)OC(n3cnc4c(=O)[nH]cnc43)C2O1. The molecule has 2 aliphatic rings. The molecule has 2 aromatic heterocycles. The van der Waals surface area contributed by atoms with E-state index in [1.165, 1.54) is 6.33 Å². The van der Waals surface area contributed by atoms with Crippen molar-refractivity contribution >= 4 is 23.8 Å². The summed E-state index contributed by atoms with van der Waals surface area (Å²) in [6.45, 7) is 3.74.